The van der Waals surface area contributed by atoms with Gasteiger partial charge in [-0.1, -0.05) is 37.6 Å². The zero-order valence-electron chi connectivity index (χ0n) is 10.5. The number of aromatic hydroxyl groups is 1. The van der Waals surface area contributed by atoms with Crippen LogP contribution in [0.15, 0.2) is 36.4 Å². The molecule has 1 unspecified atom stereocenters. The van der Waals surface area contributed by atoms with Crippen LogP contribution in [0.3, 0.4) is 0 Å². The Kier molecular flexibility index (Phi) is 4.21. The standard InChI is InChI=1S/C15H21NO/c1-2-5-14-6-3-4-11-16(14)12-13-7-9-15(17)10-8-13/h3,6-10,14,17H,2,4-5,11-12H2,1H3. The van der Waals surface area contributed by atoms with Crippen molar-refractivity contribution >= 4 is 0 Å². The van der Waals surface area contributed by atoms with Gasteiger partial charge in [-0.25, -0.2) is 0 Å². The maximum absolute atomic E-state index is 9.27. The van der Waals surface area contributed by atoms with E-state index < -0.39 is 0 Å². The molecule has 0 saturated carbocycles. The number of hydrogen-bond donors (Lipinski definition) is 1. The summed E-state index contributed by atoms with van der Waals surface area (Å²) in [6.45, 7) is 4.36. The van der Waals surface area contributed by atoms with Crippen LogP contribution in [0.2, 0.25) is 0 Å². The van der Waals surface area contributed by atoms with Gasteiger partial charge in [-0.15, -0.1) is 0 Å². The lowest BCUT2D eigenvalue weighted by molar-refractivity contribution is 0.204. The van der Waals surface area contributed by atoms with E-state index in [4.69, 9.17) is 0 Å². The van der Waals surface area contributed by atoms with Crippen LogP contribution < -0.4 is 0 Å². The molecule has 0 aromatic heterocycles. The summed E-state index contributed by atoms with van der Waals surface area (Å²) in [6, 6.07) is 8.14. The second-order valence-corrected chi connectivity index (χ2v) is 4.71. The molecule has 2 rings (SSSR count). The summed E-state index contributed by atoms with van der Waals surface area (Å²) in [5.41, 5.74) is 1.28. The third-order valence-electron chi connectivity index (χ3n) is 3.32. The van der Waals surface area contributed by atoms with Crippen molar-refractivity contribution in [3.8, 4) is 5.75 Å². The number of phenolic OH excluding ortho intramolecular Hbond substituents is 1. The third kappa shape index (κ3) is 3.34. The Morgan fingerprint density at radius 3 is 2.76 bits per heavy atom. The van der Waals surface area contributed by atoms with E-state index in [1.807, 2.05) is 12.1 Å². The van der Waals surface area contributed by atoms with Crippen molar-refractivity contribution in [2.45, 2.75) is 38.8 Å². The van der Waals surface area contributed by atoms with Crippen molar-refractivity contribution in [1.82, 2.24) is 4.90 Å². The highest BCUT2D eigenvalue weighted by molar-refractivity contribution is 5.26. The molecule has 0 radical (unpaired) electrons. The Balaban J connectivity index is 2.01. The lowest BCUT2D eigenvalue weighted by Crippen LogP contribution is -2.36. The van der Waals surface area contributed by atoms with Crippen LogP contribution in [0.25, 0.3) is 0 Å². The highest BCUT2D eigenvalue weighted by atomic mass is 16.3. The molecular weight excluding hydrogens is 210 g/mol. The van der Waals surface area contributed by atoms with Gasteiger partial charge in [-0.3, -0.25) is 4.90 Å². The monoisotopic (exact) mass is 231 g/mol. The number of nitrogens with zero attached hydrogens (tertiary/aromatic N) is 1. The Morgan fingerprint density at radius 2 is 2.06 bits per heavy atom. The molecule has 0 spiro atoms. The summed E-state index contributed by atoms with van der Waals surface area (Å²) in [5, 5.41) is 9.27. The van der Waals surface area contributed by atoms with Crippen LogP contribution in [0.1, 0.15) is 31.7 Å². The van der Waals surface area contributed by atoms with E-state index in [0.717, 1.165) is 19.5 Å². The van der Waals surface area contributed by atoms with E-state index in [1.165, 1.54) is 18.4 Å². The van der Waals surface area contributed by atoms with Crippen LogP contribution in [0, 0.1) is 0 Å². The lowest BCUT2D eigenvalue weighted by atomic mass is 10.0. The Bertz CT molecular complexity index is 369. The van der Waals surface area contributed by atoms with E-state index in [9.17, 15) is 5.11 Å². The predicted octanol–water partition coefficient (Wildman–Crippen LogP) is 3.32. The van der Waals surface area contributed by atoms with Crippen LogP contribution in [0.5, 0.6) is 5.75 Å². The molecule has 2 nitrogen and oxygen atoms in total. The number of benzene rings is 1. The quantitative estimate of drug-likeness (QED) is 0.803. The largest absolute Gasteiger partial charge is 0.508 e. The first-order chi connectivity index (χ1) is 8.29. The molecule has 1 atom stereocenters. The van der Waals surface area contributed by atoms with Crippen molar-refractivity contribution in [2.24, 2.45) is 0 Å². The molecule has 1 aromatic carbocycles. The molecule has 92 valence electrons. The average molecular weight is 231 g/mol. The number of rotatable bonds is 4. The third-order valence-corrected chi connectivity index (χ3v) is 3.32. The van der Waals surface area contributed by atoms with Crippen LogP contribution in [-0.4, -0.2) is 22.6 Å². The Morgan fingerprint density at radius 1 is 1.29 bits per heavy atom. The van der Waals surface area contributed by atoms with Crippen molar-refractivity contribution in [3.05, 3.63) is 42.0 Å². The maximum atomic E-state index is 9.27. The zero-order chi connectivity index (χ0) is 12.1. The fraction of sp³-hybridized carbons (Fsp3) is 0.467. The molecule has 0 fully saturated rings. The minimum absolute atomic E-state index is 0.345. The van der Waals surface area contributed by atoms with Gasteiger partial charge in [0.05, 0.1) is 0 Å². The summed E-state index contributed by atoms with van der Waals surface area (Å²) in [6.07, 6.45) is 8.25. The normalized spacial score (nSPS) is 20.6. The van der Waals surface area contributed by atoms with Gasteiger partial charge in [0.2, 0.25) is 0 Å². The lowest BCUT2D eigenvalue weighted by Gasteiger charge is -2.32. The summed E-state index contributed by atoms with van der Waals surface area (Å²) in [5.74, 6) is 0.345. The molecule has 2 heteroatoms. The van der Waals surface area contributed by atoms with Crippen molar-refractivity contribution in [2.75, 3.05) is 6.54 Å². The van der Waals surface area contributed by atoms with Crippen molar-refractivity contribution in [3.63, 3.8) is 0 Å². The average Bonchev–Trinajstić information content (AvgIpc) is 2.35. The molecule has 0 saturated heterocycles. The first kappa shape index (κ1) is 12.2. The van der Waals surface area contributed by atoms with Gasteiger partial charge in [0.15, 0.2) is 0 Å². The molecule has 0 amide bonds. The molecule has 1 heterocycles. The van der Waals surface area contributed by atoms with E-state index in [1.54, 1.807) is 12.1 Å². The SMILES string of the molecule is CCCC1C=CCCN1Cc1ccc(O)cc1. The summed E-state index contributed by atoms with van der Waals surface area (Å²) in [7, 11) is 0. The van der Waals surface area contributed by atoms with Crippen molar-refractivity contribution in [1.29, 1.82) is 0 Å². The molecule has 0 aliphatic carbocycles. The van der Waals surface area contributed by atoms with Gasteiger partial charge < -0.3 is 5.11 Å². The van der Waals surface area contributed by atoms with Crippen LogP contribution in [-0.2, 0) is 6.54 Å². The smallest absolute Gasteiger partial charge is 0.115 e. The van der Waals surface area contributed by atoms with Gasteiger partial charge >= 0.3 is 0 Å². The highest BCUT2D eigenvalue weighted by Crippen LogP contribution is 2.19. The van der Waals surface area contributed by atoms with Gasteiger partial charge in [0, 0.05) is 19.1 Å². The van der Waals surface area contributed by atoms with Crippen LogP contribution >= 0.6 is 0 Å². The van der Waals surface area contributed by atoms with Gasteiger partial charge in [-0.05, 0) is 30.5 Å². The molecule has 1 aliphatic heterocycles. The van der Waals surface area contributed by atoms with Crippen LogP contribution in [0.4, 0.5) is 0 Å². The molecule has 1 aliphatic rings. The van der Waals surface area contributed by atoms with Gasteiger partial charge in [0.1, 0.15) is 5.75 Å². The number of phenols is 1. The van der Waals surface area contributed by atoms with E-state index in [0.29, 0.717) is 11.8 Å². The molecule has 1 aromatic rings. The maximum Gasteiger partial charge on any atom is 0.115 e. The van der Waals surface area contributed by atoms with Gasteiger partial charge in [0.25, 0.3) is 0 Å². The Labute approximate surface area is 104 Å². The fourth-order valence-corrected chi connectivity index (χ4v) is 2.39. The Hall–Kier alpha value is -1.28. The fourth-order valence-electron chi connectivity index (χ4n) is 2.39. The van der Waals surface area contributed by atoms with E-state index >= 15 is 0 Å². The van der Waals surface area contributed by atoms with E-state index in [2.05, 4.69) is 24.0 Å². The first-order valence-corrected chi connectivity index (χ1v) is 6.48. The first-order valence-electron chi connectivity index (χ1n) is 6.48. The highest BCUT2D eigenvalue weighted by Gasteiger charge is 2.17. The number of hydrogen-bond acceptors (Lipinski definition) is 2. The topological polar surface area (TPSA) is 23.5 Å². The summed E-state index contributed by atoms with van der Waals surface area (Å²) < 4.78 is 0. The molecule has 0 bridgehead atoms. The van der Waals surface area contributed by atoms with Gasteiger partial charge in [-0.2, -0.15) is 0 Å². The molecule has 1 N–H and O–H groups in total. The second kappa shape index (κ2) is 5.87. The zero-order valence-corrected chi connectivity index (χ0v) is 10.5. The van der Waals surface area contributed by atoms with E-state index in [-0.39, 0.29) is 0 Å². The molecule has 17 heavy (non-hydrogen) atoms. The minimum Gasteiger partial charge on any atom is -0.508 e. The molecular formula is C15H21NO. The minimum atomic E-state index is 0.345. The van der Waals surface area contributed by atoms with Crippen molar-refractivity contribution < 1.29 is 5.11 Å². The summed E-state index contributed by atoms with van der Waals surface area (Å²) in [4.78, 5) is 2.52. The predicted molar refractivity (Wildman–Crippen MR) is 71.0 cm³/mol. The summed E-state index contributed by atoms with van der Waals surface area (Å²) >= 11 is 0. The second-order valence-electron chi connectivity index (χ2n) is 4.71.